The van der Waals surface area contributed by atoms with Gasteiger partial charge in [0, 0.05) is 10.8 Å². The van der Waals surface area contributed by atoms with Gasteiger partial charge in [0.15, 0.2) is 0 Å². The zero-order valence-electron chi connectivity index (χ0n) is 9.67. The Labute approximate surface area is 106 Å². The fourth-order valence-corrected chi connectivity index (χ4v) is 2.20. The maximum atomic E-state index is 13.6. The van der Waals surface area contributed by atoms with Gasteiger partial charge in [-0.1, -0.05) is 0 Å². The van der Waals surface area contributed by atoms with Gasteiger partial charge in [0.1, 0.15) is 16.5 Å². The monoisotopic (exact) mass is 264 g/mol. The van der Waals surface area contributed by atoms with Crippen molar-refractivity contribution in [3.63, 3.8) is 0 Å². The van der Waals surface area contributed by atoms with E-state index >= 15 is 0 Å². The number of thiol groups is 1. The van der Waals surface area contributed by atoms with Crippen molar-refractivity contribution < 1.29 is 4.39 Å². The highest BCUT2D eigenvalue weighted by Crippen LogP contribution is 2.18. The Morgan fingerprint density at radius 3 is 2.39 bits per heavy atom. The van der Waals surface area contributed by atoms with E-state index in [1.165, 1.54) is 19.9 Å². The largest absolute Gasteiger partial charge is 0.295 e. The lowest BCUT2D eigenvalue weighted by molar-refractivity contribution is 0.620. The van der Waals surface area contributed by atoms with Crippen LogP contribution in [0.25, 0.3) is 10.8 Å². The van der Waals surface area contributed by atoms with Crippen molar-refractivity contribution in [2.75, 3.05) is 0 Å². The normalized spacial score (nSPS) is 12.3. The Bertz CT molecular complexity index is 880. The Morgan fingerprint density at radius 2 is 1.83 bits per heavy atom. The molecule has 0 saturated carbocycles. The summed E-state index contributed by atoms with van der Waals surface area (Å²) in [6.07, 6.45) is 0. The predicted molar refractivity (Wildman–Crippen MR) is 68.7 cm³/mol. The zero-order chi connectivity index (χ0) is 13.6. The highest BCUT2D eigenvalue weighted by Gasteiger charge is 2.15. The number of nitrogens with zero attached hydrogens (tertiary/aromatic N) is 1. The van der Waals surface area contributed by atoms with Crippen molar-refractivity contribution in [2.24, 2.45) is 4.40 Å². The van der Waals surface area contributed by atoms with E-state index < -0.39 is 22.0 Å². The standard InChI is InChI=1S/C12H9FN2O2S/c1-4-3-6(13)5(2)8-7(4)12(17)10(15-18)9(14)11(8)16/h3,14,18H,1-2H3. The highest BCUT2D eigenvalue weighted by molar-refractivity contribution is 7.78. The van der Waals surface area contributed by atoms with E-state index in [1.807, 2.05) is 0 Å². The molecule has 0 aromatic heterocycles. The third-order valence-corrected chi connectivity index (χ3v) is 3.15. The van der Waals surface area contributed by atoms with Crippen molar-refractivity contribution in [3.8, 4) is 0 Å². The summed E-state index contributed by atoms with van der Waals surface area (Å²) in [5.74, 6) is -0.563. The van der Waals surface area contributed by atoms with Crippen molar-refractivity contribution in [3.05, 3.63) is 54.2 Å². The minimum atomic E-state index is -0.697. The summed E-state index contributed by atoms with van der Waals surface area (Å²) in [7, 11) is 0. The topological polar surface area (TPSA) is 70.3 Å². The SMILES string of the molecule is Cc1c(F)cc(C)c2c(=O)c(=NS)c(=N)c(=O)c12. The first-order valence-corrected chi connectivity index (χ1v) is 5.50. The molecule has 0 unspecified atom stereocenters. The van der Waals surface area contributed by atoms with Gasteiger partial charge in [-0.05, 0) is 43.9 Å². The molecule has 0 aliphatic heterocycles. The molecule has 18 heavy (non-hydrogen) atoms. The molecular formula is C12H9FN2O2S. The van der Waals surface area contributed by atoms with Crippen LogP contribution in [0.2, 0.25) is 0 Å². The van der Waals surface area contributed by atoms with Gasteiger partial charge in [-0.15, -0.1) is 0 Å². The molecular weight excluding hydrogens is 255 g/mol. The summed E-state index contributed by atoms with van der Waals surface area (Å²) < 4.78 is 17.0. The van der Waals surface area contributed by atoms with Gasteiger partial charge in [-0.3, -0.25) is 15.0 Å². The summed E-state index contributed by atoms with van der Waals surface area (Å²) >= 11 is 3.59. The number of rotatable bonds is 0. The molecule has 0 saturated heterocycles. The minimum Gasteiger partial charge on any atom is -0.295 e. The number of hydrogen-bond acceptors (Lipinski definition) is 5. The molecule has 2 aromatic rings. The van der Waals surface area contributed by atoms with E-state index in [-0.39, 0.29) is 21.7 Å². The quantitative estimate of drug-likeness (QED) is 0.677. The third-order valence-electron chi connectivity index (χ3n) is 2.95. The van der Waals surface area contributed by atoms with Crippen molar-refractivity contribution in [2.45, 2.75) is 13.8 Å². The van der Waals surface area contributed by atoms with Crippen LogP contribution in [0, 0.1) is 25.1 Å². The summed E-state index contributed by atoms with van der Waals surface area (Å²) in [6.45, 7) is 2.95. The first kappa shape index (κ1) is 12.6. The smallest absolute Gasteiger partial charge is 0.215 e. The van der Waals surface area contributed by atoms with Crippen LogP contribution in [0.5, 0.6) is 0 Å². The molecule has 92 valence electrons. The average Bonchev–Trinajstić information content (AvgIpc) is 2.31. The van der Waals surface area contributed by atoms with Crippen molar-refractivity contribution in [1.82, 2.24) is 0 Å². The van der Waals surface area contributed by atoms with Crippen LogP contribution in [0.4, 0.5) is 4.39 Å². The third kappa shape index (κ3) is 1.53. The highest BCUT2D eigenvalue weighted by atomic mass is 32.1. The van der Waals surface area contributed by atoms with Gasteiger partial charge in [-0.25, -0.2) is 8.79 Å². The van der Waals surface area contributed by atoms with Gasteiger partial charge < -0.3 is 0 Å². The molecule has 0 bridgehead atoms. The summed E-state index contributed by atoms with van der Waals surface area (Å²) in [5.41, 5.74) is -0.826. The Balaban J connectivity index is 3.42. The van der Waals surface area contributed by atoms with Gasteiger partial charge >= 0.3 is 0 Å². The molecule has 6 heteroatoms. The van der Waals surface area contributed by atoms with Crippen molar-refractivity contribution >= 4 is 23.6 Å². The lowest BCUT2D eigenvalue weighted by Gasteiger charge is -2.05. The molecule has 0 fully saturated rings. The summed E-state index contributed by atoms with van der Waals surface area (Å²) in [6, 6.07) is 1.20. The number of fused-ring (bicyclic) bond motifs is 1. The predicted octanol–water partition coefficient (Wildman–Crippen LogP) is 0.417. The van der Waals surface area contributed by atoms with Crippen LogP contribution in [0.3, 0.4) is 0 Å². The van der Waals surface area contributed by atoms with Crippen LogP contribution in [-0.2, 0) is 0 Å². The Morgan fingerprint density at radius 1 is 1.22 bits per heavy atom. The van der Waals surface area contributed by atoms with Gasteiger partial charge in [0.25, 0.3) is 0 Å². The molecule has 0 atom stereocenters. The average molecular weight is 264 g/mol. The van der Waals surface area contributed by atoms with E-state index in [9.17, 15) is 14.0 Å². The Kier molecular flexibility index (Phi) is 2.90. The fraction of sp³-hybridized carbons (Fsp3) is 0.167. The molecule has 0 aliphatic rings. The number of nitrogens with one attached hydrogen (secondary N) is 1. The molecule has 0 aliphatic carbocycles. The van der Waals surface area contributed by atoms with Crippen LogP contribution in [0.15, 0.2) is 20.1 Å². The van der Waals surface area contributed by atoms with Crippen molar-refractivity contribution in [1.29, 1.82) is 5.41 Å². The number of benzene rings is 2. The molecule has 2 rings (SSSR count). The van der Waals surface area contributed by atoms with Gasteiger partial charge in [-0.2, -0.15) is 0 Å². The molecule has 0 radical (unpaired) electrons. The number of aryl methyl sites for hydroxylation is 2. The fourth-order valence-electron chi connectivity index (χ4n) is 2.01. The molecule has 2 aromatic carbocycles. The Hall–Kier alpha value is -1.82. The molecule has 0 spiro atoms. The van der Waals surface area contributed by atoms with Crippen LogP contribution >= 0.6 is 12.8 Å². The van der Waals surface area contributed by atoms with Crippen LogP contribution in [0.1, 0.15) is 11.1 Å². The second-order valence-electron chi connectivity index (χ2n) is 4.03. The van der Waals surface area contributed by atoms with Crippen LogP contribution in [-0.4, -0.2) is 0 Å². The first-order valence-electron chi connectivity index (χ1n) is 5.10. The zero-order valence-corrected chi connectivity index (χ0v) is 10.6. The van der Waals surface area contributed by atoms with Crippen LogP contribution < -0.4 is 21.6 Å². The molecule has 0 amide bonds. The van der Waals surface area contributed by atoms with E-state index in [4.69, 9.17) is 5.41 Å². The lowest BCUT2D eigenvalue weighted by atomic mass is 9.99. The first-order chi connectivity index (χ1) is 8.40. The minimum absolute atomic E-state index is 0.0387. The number of hydrogen-bond donors (Lipinski definition) is 2. The second-order valence-corrected chi connectivity index (χ2v) is 4.23. The van der Waals surface area contributed by atoms with E-state index in [1.54, 1.807) is 0 Å². The lowest BCUT2D eigenvalue weighted by Crippen LogP contribution is -2.47. The van der Waals surface area contributed by atoms with E-state index in [2.05, 4.69) is 17.2 Å². The van der Waals surface area contributed by atoms with E-state index in [0.717, 1.165) is 0 Å². The molecule has 4 nitrogen and oxygen atoms in total. The van der Waals surface area contributed by atoms with E-state index in [0.29, 0.717) is 5.56 Å². The number of halogens is 1. The van der Waals surface area contributed by atoms with Gasteiger partial charge in [0.05, 0.1) is 0 Å². The summed E-state index contributed by atoms with van der Waals surface area (Å²) in [4.78, 5) is 24.1. The maximum absolute atomic E-state index is 13.6. The van der Waals surface area contributed by atoms with Gasteiger partial charge in [0.2, 0.25) is 10.9 Å². The maximum Gasteiger partial charge on any atom is 0.215 e. The molecule has 1 N–H and O–H groups in total. The second kappa shape index (κ2) is 4.13. The summed E-state index contributed by atoms with van der Waals surface area (Å²) in [5, 5.41) is 6.81. The molecule has 0 heterocycles.